The second-order valence-electron chi connectivity index (χ2n) is 25.1. The molecule has 2 aliphatic rings. The number of oxime groups is 1. The number of nitrogens with two attached hydrogens (primary N) is 3. The van der Waals surface area contributed by atoms with E-state index < -0.39 is 223 Å². The van der Waals surface area contributed by atoms with Gasteiger partial charge in [0.15, 0.2) is 16.4 Å². The first kappa shape index (κ1) is 87.5. The number of aliphatic hydroxyl groups is 1. The van der Waals surface area contributed by atoms with E-state index in [4.69, 9.17) is 22.0 Å². The number of aliphatic carboxylic acids is 2. The van der Waals surface area contributed by atoms with Crippen molar-refractivity contribution in [2.75, 3.05) is 68.7 Å². The lowest BCUT2D eigenvalue weighted by Crippen LogP contribution is -2.61. The first-order valence-corrected chi connectivity index (χ1v) is 37.4. The van der Waals surface area contributed by atoms with E-state index in [9.17, 15) is 95.7 Å². The third kappa shape index (κ3) is 31.1. The summed E-state index contributed by atoms with van der Waals surface area (Å²) in [7, 11) is -3.52. The number of carboxylic acid groups (broad SMARTS) is 2. The first-order chi connectivity index (χ1) is 49.5. The predicted octanol–water partition coefficient (Wildman–Crippen LogP) is -6.55. The van der Waals surface area contributed by atoms with Crippen LogP contribution in [0.15, 0.2) is 47.0 Å². The Morgan fingerprint density at radius 2 is 1.44 bits per heavy atom. The number of fused-ring (bicyclic) bond motifs is 1. The smallest absolute Gasteiger partial charge is 0.305 e. The number of sulfone groups is 1. The lowest BCUT2D eigenvalue weighted by molar-refractivity contribution is -0.144. The number of nitrogens with zero attached hydrogens (tertiary/aromatic N) is 2. The molecule has 0 aliphatic carbocycles. The number of aromatic nitrogens is 1. The number of hydrogen-bond acceptors (Lipinski definition) is 24. The number of carbonyl (C=O) groups is 16. The quantitative estimate of drug-likeness (QED) is 0.0290. The Morgan fingerprint density at radius 1 is 0.781 bits per heavy atom. The number of thioether (sulfide) groups is 2. The molecule has 11 atom stereocenters. The van der Waals surface area contributed by atoms with Crippen LogP contribution in [0.25, 0.3) is 10.9 Å². The van der Waals surface area contributed by atoms with Crippen LogP contribution < -0.4 is 75.7 Å². The van der Waals surface area contributed by atoms with Gasteiger partial charge in [0, 0.05) is 71.8 Å². The van der Waals surface area contributed by atoms with Gasteiger partial charge in [-0.05, 0) is 55.0 Å². The molecule has 0 spiro atoms. The fourth-order valence-electron chi connectivity index (χ4n) is 10.4. The maximum atomic E-state index is 15.0. The number of hydrogen-bond donors (Lipinski definition) is 18. The number of aromatic amines is 1. The minimum atomic E-state index is -3.52. The van der Waals surface area contributed by atoms with E-state index in [1.165, 1.54) is 6.08 Å². The largest absolute Gasteiger partial charge is 0.481 e. The van der Waals surface area contributed by atoms with Crippen molar-refractivity contribution in [3.8, 4) is 0 Å². The third-order valence-electron chi connectivity index (χ3n) is 15.9. The van der Waals surface area contributed by atoms with Gasteiger partial charge in [0.1, 0.15) is 60.4 Å². The number of H-pyrrole nitrogens is 1. The lowest BCUT2D eigenvalue weighted by Gasteiger charge is -2.31. The van der Waals surface area contributed by atoms with Gasteiger partial charge < -0.3 is 106 Å². The number of para-hydroxylation sites is 1. The molecule has 4 rings (SSSR count). The van der Waals surface area contributed by atoms with Gasteiger partial charge in [0.05, 0.1) is 38.2 Å². The van der Waals surface area contributed by atoms with Crippen LogP contribution in [0.3, 0.4) is 0 Å². The molecule has 1 unspecified atom stereocenters. The molecule has 2 fully saturated rings. The zero-order valence-electron chi connectivity index (χ0n) is 58.4. The zero-order chi connectivity index (χ0) is 78.3. The molecule has 2 aliphatic heterocycles. The number of carbonyl (C=O) groups excluding carboxylic acids is 14. The monoisotopic (exact) mass is 1540 g/mol. The van der Waals surface area contributed by atoms with Gasteiger partial charge in [0.25, 0.3) is 5.91 Å². The summed E-state index contributed by atoms with van der Waals surface area (Å²) < 4.78 is 23.1. The number of amides is 14. The Labute approximate surface area is 611 Å². The van der Waals surface area contributed by atoms with Crippen molar-refractivity contribution in [3.05, 3.63) is 47.5 Å². The van der Waals surface area contributed by atoms with Gasteiger partial charge in [-0.2, -0.15) is 23.5 Å². The number of likely N-dealkylation sites (tertiary alicyclic amines) is 1. The summed E-state index contributed by atoms with van der Waals surface area (Å²) in [5.41, 5.74) is 17.5. The fourth-order valence-corrected chi connectivity index (χ4v) is 12.9. The van der Waals surface area contributed by atoms with Crippen molar-refractivity contribution in [2.24, 2.45) is 34.2 Å². The molecule has 1 aromatic carbocycles. The molecule has 42 heteroatoms. The minimum Gasteiger partial charge on any atom is -0.481 e. The van der Waals surface area contributed by atoms with Gasteiger partial charge in [-0.15, -0.1) is 0 Å². The van der Waals surface area contributed by atoms with E-state index in [1.807, 2.05) is 5.32 Å². The molecule has 39 nitrogen and oxygen atoms in total. The van der Waals surface area contributed by atoms with Gasteiger partial charge in [-0.25, -0.2) is 8.42 Å². The maximum Gasteiger partial charge on any atom is 0.305 e. The zero-order valence-corrected chi connectivity index (χ0v) is 60.8. The van der Waals surface area contributed by atoms with Gasteiger partial charge >= 0.3 is 11.9 Å². The van der Waals surface area contributed by atoms with Gasteiger partial charge in [-0.1, -0.05) is 63.5 Å². The number of benzene rings is 1. The highest BCUT2D eigenvalue weighted by Gasteiger charge is 2.42. The summed E-state index contributed by atoms with van der Waals surface area (Å²) in [5, 5.41) is 61.2. The van der Waals surface area contributed by atoms with Crippen LogP contribution in [0, 0.1) is 11.8 Å². The van der Waals surface area contributed by atoms with Crippen molar-refractivity contribution >= 4 is 145 Å². The average molecular weight is 1540 g/mol. The van der Waals surface area contributed by atoms with E-state index in [0.29, 0.717) is 11.2 Å². The van der Waals surface area contributed by atoms with Crippen LogP contribution in [-0.2, 0) is 97.8 Å². The molecule has 21 N–H and O–H groups in total. The molecule has 0 radical (unpaired) electrons. The number of rotatable bonds is 34. The molecule has 105 heavy (non-hydrogen) atoms. The van der Waals surface area contributed by atoms with Crippen molar-refractivity contribution < 1.29 is 105 Å². The van der Waals surface area contributed by atoms with Crippen molar-refractivity contribution in [2.45, 2.75) is 146 Å². The first-order valence-electron chi connectivity index (χ1n) is 33.2. The Bertz CT molecular complexity index is 3640. The highest BCUT2D eigenvalue weighted by atomic mass is 32.2. The van der Waals surface area contributed by atoms with E-state index in [2.05, 4.69) is 63.3 Å². The fraction of sp³-hybridized carbons (Fsp3) is 0.571. The molecule has 2 saturated heterocycles. The Balaban J connectivity index is 1.75. The van der Waals surface area contributed by atoms with Crippen molar-refractivity contribution in [1.82, 2.24) is 68.4 Å². The van der Waals surface area contributed by atoms with Crippen LogP contribution in [0.2, 0.25) is 0 Å². The number of nitrogens with one attached hydrogen (secondary N) is 12. The van der Waals surface area contributed by atoms with Crippen LogP contribution in [0.4, 0.5) is 0 Å². The van der Waals surface area contributed by atoms with Crippen LogP contribution in [-0.4, -0.2) is 263 Å². The summed E-state index contributed by atoms with van der Waals surface area (Å²) in [5.74, 6) is -19.2. The predicted molar refractivity (Wildman–Crippen MR) is 379 cm³/mol. The summed E-state index contributed by atoms with van der Waals surface area (Å²) in [4.78, 5) is 225. The third-order valence-corrected chi connectivity index (χ3v) is 18.8. The molecule has 2 aromatic rings. The molecular formula is C63H93N17O22S3. The van der Waals surface area contributed by atoms with Crippen LogP contribution in [0.5, 0.6) is 0 Å². The van der Waals surface area contributed by atoms with E-state index >= 15 is 4.79 Å². The molecule has 1 aromatic heterocycles. The van der Waals surface area contributed by atoms with E-state index in [1.54, 1.807) is 58.0 Å². The average Bonchev–Trinajstić information content (AvgIpc) is 1.78. The maximum absolute atomic E-state index is 15.0. The van der Waals surface area contributed by atoms with Crippen LogP contribution >= 0.6 is 23.5 Å². The second-order valence-corrected chi connectivity index (χ2v) is 29.1. The second kappa shape index (κ2) is 43.4. The Kier molecular flexibility index (Phi) is 36.1. The van der Waals surface area contributed by atoms with Crippen molar-refractivity contribution in [3.63, 3.8) is 0 Å². The SMILES string of the molecule is CCC(C)[C@@H]1NC(=O)[C@@H](NC(=O)[C@H](CC(C)C)NC(=O)[C@@H]2CCCN2C(=O)[C@H](CCC(=O)O)NC(=O)[C@H](CC(N)=O)NC(=O)[C@H](CC(=O)O)NC(=O)[C@@H](N)CO)CSC/C(=N\OCC(=O)NC/C=C/S(C)(=O)=O)CSC[C@@H](C(=O)NCC(N)=O)NC(=O)CNC(=O)[C@H](Cc2cc3ccccc3[nH]2)NC1=O. The lowest BCUT2D eigenvalue weighted by atomic mass is 9.97. The van der Waals surface area contributed by atoms with Gasteiger partial charge in [0.2, 0.25) is 76.8 Å². The highest BCUT2D eigenvalue weighted by Crippen LogP contribution is 2.23. The van der Waals surface area contributed by atoms with Crippen molar-refractivity contribution in [1.29, 1.82) is 0 Å². The number of carboxylic acids is 2. The van der Waals surface area contributed by atoms with E-state index in [0.717, 1.165) is 45.5 Å². The highest BCUT2D eigenvalue weighted by molar-refractivity contribution is 8.01. The molecule has 14 amide bonds. The van der Waals surface area contributed by atoms with Gasteiger partial charge in [-0.3, -0.25) is 76.7 Å². The standard InChI is InChI=1S/C63H93N17O22S3/c1-6-33(4)53-62(98)76-41(21-35-20-34-11-7-8-12-38(34)70-35)55(91)69-25-49(84)71-44(56(92)68-24-48(66)83)30-103-28-36(79-102-27-50(85)67-16-10-18-105(5,100)101)29-104-31-45(60(96)78-53)77-57(93)40(19-32(2)3)75-61(97)46-13-9-17-80(46)63(99)39(14-15-51(86)87)72-58(94)42(22-47(65)82)74-59(95)43(23-52(88)89)73-54(90)37(64)26-81/h7-8,10-12,18,20,32-33,37,39-46,53,70,81H,6,9,13-17,19,21-31,64H2,1-5H3,(H2,65,82)(H2,66,83)(H,67,85)(H,68,92)(H,69,91)(H,71,84)(H,72,94)(H,73,90)(H,74,95)(H,75,97)(H,76,98)(H,77,93)(H,78,96)(H,86,87)(H,88,89)/b18-10+,79-36-/t33?,37-,39-,40-,41-,42-,43-,44-,45-,46-,53-/m0/s1. The van der Waals surface area contributed by atoms with Crippen LogP contribution in [0.1, 0.15) is 84.8 Å². The summed E-state index contributed by atoms with van der Waals surface area (Å²) in [6.45, 7) is 3.35. The topological polar surface area (TPSA) is 619 Å². The minimum absolute atomic E-state index is 0.0632. The Hall–Kier alpha value is -9.94. The number of primary amides is 2. The molecule has 3 heterocycles. The Morgan fingerprint density at radius 3 is 2.06 bits per heavy atom. The summed E-state index contributed by atoms with van der Waals surface area (Å²) in [6, 6.07) is -7.34. The van der Waals surface area contributed by atoms with E-state index in [-0.39, 0.29) is 79.8 Å². The number of aliphatic hydroxyl groups excluding tert-OH is 1. The molecule has 0 bridgehead atoms. The normalized spacial score (nSPS) is 20.2. The molecule has 0 saturated carbocycles. The molecular weight excluding hydrogens is 1440 g/mol. The summed E-state index contributed by atoms with van der Waals surface area (Å²) >= 11 is 1.95. The molecule has 580 valence electrons. The summed E-state index contributed by atoms with van der Waals surface area (Å²) in [6.07, 6.45) is -1.38.